The molecule has 0 spiro atoms. The fourth-order valence-corrected chi connectivity index (χ4v) is 1.02. The largest absolute Gasteiger partial charge is 0.294 e. The molecule has 0 unspecified atom stereocenters. The molecule has 3 heteroatoms. The Hall–Kier alpha value is -0.435. The maximum atomic E-state index is 10.7. The third-order valence-corrected chi connectivity index (χ3v) is 1.86. The number of rotatable bonds is 3. The van der Waals surface area contributed by atoms with E-state index in [1.165, 1.54) is 18.7 Å². The summed E-state index contributed by atoms with van der Waals surface area (Å²) in [7, 11) is 5.28. The van der Waals surface area contributed by atoms with Crippen LogP contribution in [0.4, 0.5) is 0 Å². The molecule has 0 aliphatic carbocycles. The van der Waals surface area contributed by atoms with Gasteiger partial charge in [-0.15, -0.1) is 11.8 Å². The number of hydrogen-bond donors (Lipinski definition) is 0. The summed E-state index contributed by atoms with van der Waals surface area (Å²) in [4.78, 5) is 11.8. The van der Waals surface area contributed by atoms with Gasteiger partial charge < -0.3 is 0 Å². The van der Waals surface area contributed by atoms with E-state index in [2.05, 4.69) is 6.58 Å². The van der Waals surface area contributed by atoms with Gasteiger partial charge in [-0.2, -0.15) is 0 Å². The molecule has 0 amide bonds. The molecule has 0 heterocycles. The average molecular weight is 152 g/mol. The van der Waals surface area contributed by atoms with E-state index < -0.39 is 0 Å². The molecule has 0 aromatic rings. The Morgan fingerprint density at radius 2 is 2.20 bits per heavy atom. The molecule has 0 aromatic heterocycles. The zero-order chi connectivity index (χ0) is 8.15. The predicted octanol–water partition coefficient (Wildman–Crippen LogP) is 1.85. The van der Waals surface area contributed by atoms with Crippen LogP contribution in [-0.2, 0) is 4.79 Å². The highest BCUT2D eigenvalue weighted by atomic mass is 32.2. The summed E-state index contributed by atoms with van der Waals surface area (Å²) in [6, 6.07) is 0. The molecule has 1 nitrogen and oxygen atoms in total. The summed E-state index contributed by atoms with van der Waals surface area (Å²) in [6.45, 7) is 6.78. The van der Waals surface area contributed by atoms with Gasteiger partial charge >= 0.3 is 0 Å². The van der Waals surface area contributed by atoms with Crippen molar-refractivity contribution in [3.05, 3.63) is 22.4 Å². The van der Waals surface area contributed by atoms with Crippen LogP contribution in [0.25, 0.3) is 0 Å². The van der Waals surface area contributed by atoms with Crippen molar-refractivity contribution in [2.24, 2.45) is 0 Å². The van der Waals surface area contributed by atoms with E-state index in [9.17, 15) is 4.79 Å². The number of carbonyl (C=O) groups excluding carboxylic acids is 1. The van der Waals surface area contributed by atoms with E-state index >= 15 is 0 Å². The van der Waals surface area contributed by atoms with Crippen LogP contribution in [0.15, 0.2) is 22.4 Å². The fraction of sp³-hybridized carbons (Fsp3) is 0.286. The first-order valence-corrected chi connectivity index (χ1v) is 3.69. The summed E-state index contributed by atoms with van der Waals surface area (Å²) in [5.41, 5.74) is 0. The van der Waals surface area contributed by atoms with E-state index in [0.29, 0.717) is 9.71 Å². The Bertz CT molecular complexity index is 184. The van der Waals surface area contributed by atoms with Crippen molar-refractivity contribution >= 4 is 25.4 Å². The normalized spacial score (nSPS) is 11.2. The molecule has 0 aliphatic rings. The Morgan fingerprint density at radius 1 is 1.70 bits per heavy atom. The van der Waals surface area contributed by atoms with E-state index in [0.717, 1.165) is 0 Å². The molecule has 0 bridgehead atoms. The van der Waals surface area contributed by atoms with Crippen LogP contribution >= 0.6 is 11.8 Å². The monoisotopic (exact) mass is 152 g/mol. The lowest BCUT2D eigenvalue weighted by atomic mass is 10.2. The lowest BCUT2D eigenvalue weighted by Crippen LogP contribution is -1.91. The first-order valence-electron chi connectivity index (χ1n) is 2.87. The Labute approximate surface area is 67.0 Å². The van der Waals surface area contributed by atoms with Crippen molar-refractivity contribution in [1.29, 1.82) is 0 Å². The van der Waals surface area contributed by atoms with Gasteiger partial charge in [0.15, 0.2) is 5.78 Å². The van der Waals surface area contributed by atoms with Gasteiger partial charge in [0, 0.05) is 4.91 Å². The zero-order valence-electron chi connectivity index (χ0n) is 6.18. The van der Waals surface area contributed by atoms with E-state index in [1.807, 2.05) is 0 Å². The van der Waals surface area contributed by atoms with E-state index in [-0.39, 0.29) is 5.78 Å². The molecule has 0 aliphatic heterocycles. The Kier molecular flexibility index (Phi) is 4.20. The topological polar surface area (TPSA) is 17.1 Å². The predicted molar refractivity (Wildman–Crippen MR) is 46.9 cm³/mol. The molecule has 0 saturated heterocycles. The molecule has 0 atom stereocenters. The molecule has 0 rings (SSSR count). The lowest BCUT2D eigenvalue weighted by Gasteiger charge is -1.99. The second kappa shape index (κ2) is 4.39. The van der Waals surface area contributed by atoms with Gasteiger partial charge in [0.05, 0.1) is 0 Å². The average Bonchev–Trinajstić information content (AvgIpc) is 1.81. The second-order valence-corrected chi connectivity index (χ2v) is 2.95. The molecule has 2 radical (unpaired) electrons. The minimum Gasteiger partial charge on any atom is -0.294 e. The van der Waals surface area contributed by atoms with E-state index in [4.69, 9.17) is 7.85 Å². The van der Waals surface area contributed by atoms with Gasteiger partial charge in [-0.25, -0.2) is 0 Å². The number of thioether (sulfide) groups is 1. The van der Waals surface area contributed by atoms with Gasteiger partial charge in [0.25, 0.3) is 0 Å². The minimum absolute atomic E-state index is 0.0269. The van der Waals surface area contributed by atoms with Crippen LogP contribution < -0.4 is 0 Å². The number of ketones is 1. The molecule has 0 N–H and O–H groups in total. The summed E-state index contributed by atoms with van der Waals surface area (Å²) < 4.78 is 0. The van der Waals surface area contributed by atoms with Crippen LogP contribution in [0.3, 0.4) is 0 Å². The third kappa shape index (κ3) is 3.56. The maximum Gasteiger partial charge on any atom is 0.166 e. The smallest absolute Gasteiger partial charge is 0.166 e. The van der Waals surface area contributed by atoms with Gasteiger partial charge in [-0.3, -0.25) is 4.79 Å². The van der Waals surface area contributed by atoms with Crippen molar-refractivity contribution in [1.82, 2.24) is 0 Å². The first kappa shape index (κ1) is 9.56. The molecule has 0 saturated carbocycles. The molecular formula is C7H9BOS. The fourth-order valence-electron chi connectivity index (χ4n) is 0.475. The van der Waals surface area contributed by atoms with Crippen molar-refractivity contribution in [3.63, 3.8) is 0 Å². The van der Waals surface area contributed by atoms with Gasteiger partial charge in [0.1, 0.15) is 7.85 Å². The standard InChI is InChI=1S/C7H9BOS/c1-4-7(5(2)9)10-6(3)8/h4H,3H2,1-2H3/b7-4-. The summed E-state index contributed by atoms with van der Waals surface area (Å²) in [6.07, 6.45) is 1.73. The molecule has 52 valence electrons. The Balaban J connectivity index is 4.12. The van der Waals surface area contributed by atoms with Crippen LogP contribution in [0, 0.1) is 0 Å². The summed E-state index contributed by atoms with van der Waals surface area (Å²) in [5, 5.41) is 0. The maximum absolute atomic E-state index is 10.7. The molecule has 10 heavy (non-hydrogen) atoms. The SMILES string of the molecule is [B]C(=C)S/C(=C\C)C(C)=O. The van der Waals surface area contributed by atoms with Crippen LogP contribution in [0.1, 0.15) is 13.8 Å². The quantitative estimate of drug-likeness (QED) is 0.453. The van der Waals surface area contributed by atoms with Crippen molar-refractivity contribution < 1.29 is 4.79 Å². The van der Waals surface area contributed by atoms with Gasteiger partial charge in [-0.05, 0) is 13.8 Å². The van der Waals surface area contributed by atoms with E-state index in [1.54, 1.807) is 13.0 Å². The minimum atomic E-state index is 0.0269. The first-order chi connectivity index (χ1) is 4.57. The molecular weight excluding hydrogens is 143 g/mol. The van der Waals surface area contributed by atoms with Crippen LogP contribution in [0.5, 0.6) is 0 Å². The van der Waals surface area contributed by atoms with Crippen molar-refractivity contribution in [2.45, 2.75) is 13.8 Å². The molecule has 0 fully saturated rings. The number of allylic oxidation sites excluding steroid dienone is 2. The Morgan fingerprint density at radius 3 is 2.30 bits per heavy atom. The summed E-state index contributed by atoms with van der Waals surface area (Å²) >= 11 is 1.20. The number of Topliss-reactive ketones (excluding diaryl/α,β-unsaturated/α-hetero) is 1. The lowest BCUT2D eigenvalue weighted by molar-refractivity contribution is -0.112. The van der Waals surface area contributed by atoms with Gasteiger partial charge in [-0.1, -0.05) is 17.5 Å². The second-order valence-electron chi connectivity index (χ2n) is 1.78. The highest BCUT2D eigenvalue weighted by molar-refractivity contribution is 8.08. The van der Waals surface area contributed by atoms with Crippen molar-refractivity contribution in [3.8, 4) is 0 Å². The zero-order valence-corrected chi connectivity index (χ0v) is 6.99. The number of hydrogen-bond acceptors (Lipinski definition) is 2. The molecule has 0 aromatic carbocycles. The summed E-state index contributed by atoms with van der Waals surface area (Å²) in [5.74, 6) is 0.0269. The third-order valence-electron chi connectivity index (χ3n) is 0.850. The van der Waals surface area contributed by atoms with Crippen molar-refractivity contribution in [2.75, 3.05) is 0 Å². The van der Waals surface area contributed by atoms with Crippen LogP contribution in [0.2, 0.25) is 0 Å². The van der Waals surface area contributed by atoms with Crippen LogP contribution in [-0.4, -0.2) is 13.6 Å². The highest BCUT2D eigenvalue weighted by Gasteiger charge is 2.01. The highest BCUT2D eigenvalue weighted by Crippen LogP contribution is 2.21. The van der Waals surface area contributed by atoms with Gasteiger partial charge in [0.2, 0.25) is 0 Å². The number of carbonyl (C=O) groups is 1.